The molecule has 116 valence electrons. The van der Waals surface area contributed by atoms with E-state index in [-0.39, 0.29) is 12.2 Å². The number of hydrogen-bond acceptors (Lipinski definition) is 5. The highest BCUT2D eigenvalue weighted by Crippen LogP contribution is 2.52. The number of hydrogen-bond donors (Lipinski definition) is 1. The van der Waals surface area contributed by atoms with Gasteiger partial charge in [-0.05, 0) is 25.7 Å². The largest absolute Gasteiger partial charge is 0.348 e. The van der Waals surface area contributed by atoms with Gasteiger partial charge in [-0.1, -0.05) is 27.7 Å². The molecule has 19 heavy (non-hydrogen) atoms. The molecule has 6 nitrogen and oxygen atoms in total. The van der Waals surface area contributed by atoms with Gasteiger partial charge in [-0.2, -0.15) is 8.42 Å². The van der Waals surface area contributed by atoms with Crippen molar-refractivity contribution in [2.45, 2.75) is 65.6 Å². The van der Waals surface area contributed by atoms with Gasteiger partial charge in [-0.25, -0.2) is 0 Å². The fourth-order valence-electron chi connectivity index (χ4n) is 1.62. The molecule has 0 unspecified atom stereocenters. The minimum Gasteiger partial charge on any atom is -0.304 e. The number of rotatable bonds is 10. The summed E-state index contributed by atoms with van der Waals surface area (Å²) in [6.45, 7) is 7.40. The standard InChI is InChI=1S/C11H25O6PS/c1-5-10(6-2)16-18(12,9-19(13,14)15)17-11(7-3)8-4/h10-11H,5-9H2,1-4H3,(H,13,14,15). The first kappa shape index (κ1) is 19.1. The third-order valence-corrected chi connectivity index (χ3v) is 6.57. The van der Waals surface area contributed by atoms with Crippen LogP contribution in [-0.2, 0) is 23.7 Å². The molecule has 0 rings (SSSR count). The van der Waals surface area contributed by atoms with E-state index in [0.29, 0.717) is 25.7 Å². The Balaban J connectivity index is 5.06. The van der Waals surface area contributed by atoms with Gasteiger partial charge in [0.05, 0.1) is 12.2 Å². The van der Waals surface area contributed by atoms with Crippen LogP contribution in [0, 0.1) is 0 Å². The quantitative estimate of drug-likeness (QED) is 0.490. The molecule has 0 bridgehead atoms. The van der Waals surface area contributed by atoms with Crippen molar-refractivity contribution in [2.24, 2.45) is 0 Å². The third kappa shape index (κ3) is 8.05. The Morgan fingerprint density at radius 3 is 1.47 bits per heavy atom. The molecule has 0 saturated carbocycles. The summed E-state index contributed by atoms with van der Waals surface area (Å²) in [4.78, 5) is 0. The molecule has 0 aliphatic rings. The summed E-state index contributed by atoms with van der Waals surface area (Å²) in [6.07, 6.45) is 1.69. The van der Waals surface area contributed by atoms with E-state index in [4.69, 9.17) is 13.6 Å². The molecule has 0 fully saturated rings. The molecule has 0 spiro atoms. The highest BCUT2D eigenvalue weighted by atomic mass is 32.2. The summed E-state index contributed by atoms with van der Waals surface area (Å²) in [7, 11) is -8.28. The molecule has 0 aromatic rings. The van der Waals surface area contributed by atoms with Gasteiger partial charge in [-0.15, -0.1) is 0 Å². The van der Waals surface area contributed by atoms with E-state index < -0.39 is 23.2 Å². The maximum Gasteiger partial charge on any atom is 0.348 e. The van der Waals surface area contributed by atoms with Crippen LogP contribution in [0.25, 0.3) is 0 Å². The van der Waals surface area contributed by atoms with Gasteiger partial charge in [0.1, 0.15) is 0 Å². The van der Waals surface area contributed by atoms with E-state index in [1.165, 1.54) is 0 Å². The van der Waals surface area contributed by atoms with Crippen molar-refractivity contribution < 1.29 is 26.6 Å². The molecule has 0 aliphatic heterocycles. The van der Waals surface area contributed by atoms with Crippen molar-refractivity contribution in [3.05, 3.63) is 0 Å². The molecule has 0 aromatic carbocycles. The zero-order valence-electron chi connectivity index (χ0n) is 12.0. The van der Waals surface area contributed by atoms with Crippen LogP contribution in [0.2, 0.25) is 0 Å². The molecular weight excluding hydrogens is 291 g/mol. The second-order valence-electron chi connectivity index (χ2n) is 4.41. The first-order valence-corrected chi connectivity index (χ1v) is 9.94. The molecule has 0 heterocycles. The monoisotopic (exact) mass is 316 g/mol. The molecule has 0 atom stereocenters. The smallest absolute Gasteiger partial charge is 0.304 e. The van der Waals surface area contributed by atoms with Crippen LogP contribution in [0.4, 0.5) is 0 Å². The molecule has 0 aromatic heterocycles. The Labute approximate surface area is 116 Å². The van der Waals surface area contributed by atoms with Gasteiger partial charge in [0.15, 0.2) is 5.49 Å². The van der Waals surface area contributed by atoms with Crippen LogP contribution in [-0.4, -0.2) is 30.7 Å². The van der Waals surface area contributed by atoms with Gasteiger partial charge < -0.3 is 9.05 Å². The molecule has 0 saturated heterocycles. The van der Waals surface area contributed by atoms with E-state index in [1.807, 2.05) is 27.7 Å². The lowest BCUT2D eigenvalue weighted by atomic mass is 10.2. The van der Waals surface area contributed by atoms with Crippen LogP contribution in [0.5, 0.6) is 0 Å². The fourth-order valence-corrected chi connectivity index (χ4v) is 5.26. The average molecular weight is 316 g/mol. The molecule has 0 aliphatic carbocycles. The molecular formula is C11H25O6PS. The Bertz CT molecular complexity index is 368. The van der Waals surface area contributed by atoms with Crippen molar-refractivity contribution in [1.29, 1.82) is 0 Å². The Hall–Kier alpha value is 0.0600. The van der Waals surface area contributed by atoms with E-state index in [0.717, 1.165) is 0 Å². The van der Waals surface area contributed by atoms with Crippen molar-refractivity contribution >= 4 is 17.7 Å². The van der Waals surface area contributed by atoms with Crippen molar-refractivity contribution in [3.63, 3.8) is 0 Å². The minimum absolute atomic E-state index is 0.345. The Kier molecular flexibility index (Phi) is 8.40. The Morgan fingerprint density at radius 1 is 0.947 bits per heavy atom. The lowest BCUT2D eigenvalue weighted by molar-refractivity contribution is 0.107. The minimum atomic E-state index is -4.42. The van der Waals surface area contributed by atoms with E-state index >= 15 is 0 Å². The molecule has 1 N–H and O–H groups in total. The molecule has 0 amide bonds. The zero-order valence-corrected chi connectivity index (χ0v) is 13.7. The van der Waals surface area contributed by atoms with Gasteiger partial charge in [0, 0.05) is 0 Å². The van der Waals surface area contributed by atoms with Gasteiger partial charge in [0.25, 0.3) is 10.1 Å². The SMILES string of the molecule is CCC(CC)OP(=O)(CS(=O)(=O)O)OC(CC)CC. The molecule has 0 radical (unpaired) electrons. The van der Waals surface area contributed by atoms with Gasteiger partial charge in [-0.3, -0.25) is 9.12 Å². The van der Waals surface area contributed by atoms with Crippen LogP contribution < -0.4 is 0 Å². The highest BCUT2D eigenvalue weighted by Gasteiger charge is 2.35. The van der Waals surface area contributed by atoms with Crippen molar-refractivity contribution in [3.8, 4) is 0 Å². The highest BCUT2D eigenvalue weighted by molar-refractivity contribution is 7.93. The average Bonchev–Trinajstić information content (AvgIpc) is 2.31. The second-order valence-corrected chi connectivity index (χ2v) is 8.25. The summed E-state index contributed by atoms with van der Waals surface area (Å²) in [5, 5.41) is 0. The predicted molar refractivity (Wildman–Crippen MR) is 74.9 cm³/mol. The summed E-state index contributed by atoms with van der Waals surface area (Å²) >= 11 is 0. The first-order chi connectivity index (χ1) is 8.69. The third-order valence-electron chi connectivity index (χ3n) is 2.76. The van der Waals surface area contributed by atoms with Gasteiger partial charge >= 0.3 is 7.60 Å². The van der Waals surface area contributed by atoms with E-state index in [1.54, 1.807) is 0 Å². The van der Waals surface area contributed by atoms with Crippen LogP contribution in [0.3, 0.4) is 0 Å². The molecule has 8 heteroatoms. The lowest BCUT2D eigenvalue weighted by Crippen LogP contribution is -2.19. The summed E-state index contributed by atoms with van der Waals surface area (Å²) in [6, 6.07) is 0. The van der Waals surface area contributed by atoms with Crippen LogP contribution in [0.15, 0.2) is 0 Å². The summed E-state index contributed by atoms with van der Waals surface area (Å²) in [5.74, 6) is 0. The van der Waals surface area contributed by atoms with Crippen molar-refractivity contribution in [1.82, 2.24) is 0 Å². The van der Waals surface area contributed by atoms with Crippen molar-refractivity contribution in [2.75, 3.05) is 5.49 Å². The summed E-state index contributed by atoms with van der Waals surface area (Å²) in [5.41, 5.74) is -0.993. The first-order valence-electron chi connectivity index (χ1n) is 6.60. The maximum atomic E-state index is 12.5. The summed E-state index contributed by atoms with van der Waals surface area (Å²) < 4.78 is 54.1. The topological polar surface area (TPSA) is 89.9 Å². The Morgan fingerprint density at radius 2 is 1.26 bits per heavy atom. The van der Waals surface area contributed by atoms with Crippen LogP contribution in [0.1, 0.15) is 53.4 Å². The van der Waals surface area contributed by atoms with E-state index in [9.17, 15) is 13.0 Å². The van der Waals surface area contributed by atoms with E-state index in [2.05, 4.69) is 0 Å². The van der Waals surface area contributed by atoms with Gasteiger partial charge in [0.2, 0.25) is 0 Å². The van der Waals surface area contributed by atoms with Crippen LogP contribution >= 0.6 is 7.60 Å². The fraction of sp³-hybridized carbons (Fsp3) is 1.00. The second kappa shape index (κ2) is 8.37. The zero-order chi connectivity index (χ0) is 15.1. The maximum absolute atomic E-state index is 12.5. The lowest BCUT2D eigenvalue weighted by Gasteiger charge is -2.26. The normalized spacial score (nSPS) is 13.4. The predicted octanol–water partition coefficient (Wildman–Crippen LogP) is 3.44.